The molecule has 3 aromatic rings. The molecule has 2 aromatic heterocycles. The summed E-state index contributed by atoms with van der Waals surface area (Å²) in [6, 6.07) is 14.3. The Kier molecular flexibility index (Phi) is 6.14. The summed E-state index contributed by atoms with van der Waals surface area (Å²) in [6.07, 6.45) is 5.96. The Morgan fingerprint density at radius 2 is 1.76 bits per heavy atom. The monoisotopic (exact) mass is 588 g/mol. The number of nitrogens with zero attached hydrogens (tertiary/aromatic N) is 7. The van der Waals surface area contributed by atoms with Gasteiger partial charge in [-0.3, -0.25) is 0 Å². The van der Waals surface area contributed by atoms with Crippen LogP contribution in [-0.2, 0) is 19.9 Å². The molecule has 0 amide bonds. The molecule has 0 unspecified atom stereocenters. The second kappa shape index (κ2) is 9.36. The van der Waals surface area contributed by atoms with Gasteiger partial charge in [0, 0.05) is 82.4 Å². The Labute approximate surface area is 248 Å². The highest BCUT2D eigenvalue weighted by atomic mass is 32.2. The molecule has 6 heterocycles. The van der Waals surface area contributed by atoms with E-state index in [1.54, 1.807) is 18.6 Å². The Morgan fingerprint density at radius 3 is 2.45 bits per heavy atom. The van der Waals surface area contributed by atoms with E-state index in [1.807, 2.05) is 18.3 Å². The molecule has 3 saturated heterocycles. The van der Waals surface area contributed by atoms with Crippen LogP contribution in [0.1, 0.15) is 32.8 Å². The third kappa shape index (κ3) is 4.81. The minimum Gasteiger partial charge on any atom is -0.374 e. The number of likely N-dealkylation sites (tertiary alicyclic amines) is 1. The molecule has 4 aliphatic heterocycles. The van der Waals surface area contributed by atoms with Crippen LogP contribution in [-0.4, -0.2) is 88.0 Å². The third-order valence-corrected chi connectivity index (χ3v) is 9.77. The van der Waals surface area contributed by atoms with Gasteiger partial charge in [-0.25, -0.2) is 14.2 Å². The second-order valence-corrected chi connectivity index (χ2v) is 16.4. The number of hydrogen-bond donors (Lipinski definition) is 1. The molecule has 0 bridgehead atoms. The van der Waals surface area contributed by atoms with Crippen molar-refractivity contribution in [1.82, 2.24) is 19.9 Å². The lowest BCUT2D eigenvalue weighted by molar-refractivity contribution is -0.0893. The molecule has 10 nitrogen and oxygen atoms in total. The summed E-state index contributed by atoms with van der Waals surface area (Å²) in [4.78, 5) is 21.7. The molecule has 1 aromatic carbocycles. The molecule has 2 atom stereocenters. The van der Waals surface area contributed by atoms with Gasteiger partial charge in [0.15, 0.2) is 5.82 Å². The van der Waals surface area contributed by atoms with Crippen LogP contribution in [0.15, 0.2) is 53.0 Å². The standard InChI is InChI=1S/C31H40N8O2S/c1-29(2)14-24-30(3,20-41-29)23-15-32-28(35-27(23)39(24)26-9-7-8-25(34-26)36-42(5,6)40)33-21-10-12-22(13-11-21)38-18-31(19-38)16-37(4)17-31/h7-13,15,24H,14,16-20H2,1-6H3,(H,32,33,35)/t24-,30-/m0/s1. The molecular weight excluding hydrogens is 548 g/mol. The molecule has 0 radical (unpaired) electrons. The van der Waals surface area contributed by atoms with Gasteiger partial charge in [0.2, 0.25) is 5.95 Å². The number of nitrogens with one attached hydrogen (secondary N) is 1. The van der Waals surface area contributed by atoms with E-state index in [2.05, 4.69) is 76.5 Å². The normalized spacial score (nSPS) is 25.8. The number of aromatic nitrogens is 3. The molecule has 0 aliphatic carbocycles. The number of ether oxygens (including phenoxy) is 1. The highest BCUT2D eigenvalue weighted by Crippen LogP contribution is 2.53. The molecule has 11 heteroatoms. The van der Waals surface area contributed by atoms with Crippen molar-refractivity contribution < 1.29 is 8.95 Å². The van der Waals surface area contributed by atoms with Gasteiger partial charge in [0.1, 0.15) is 11.6 Å². The lowest BCUT2D eigenvalue weighted by atomic mass is 9.73. The van der Waals surface area contributed by atoms with E-state index in [9.17, 15) is 4.21 Å². The summed E-state index contributed by atoms with van der Waals surface area (Å²) < 4.78 is 23.1. The molecule has 0 saturated carbocycles. The Hall–Kier alpha value is -3.28. The van der Waals surface area contributed by atoms with Crippen LogP contribution in [0.25, 0.3) is 0 Å². The summed E-state index contributed by atoms with van der Waals surface area (Å²) in [6.45, 7) is 11.7. The van der Waals surface area contributed by atoms with Crippen molar-refractivity contribution in [3.05, 3.63) is 54.2 Å². The summed E-state index contributed by atoms with van der Waals surface area (Å²) in [5, 5.41) is 3.42. The number of fused-ring (bicyclic) bond motifs is 3. The predicted molar refractivity (Wildman–Crippen MR) is 168 cm³/mol. The highest BCUT2D eigenvalue weighted by Gasteiger charge is 2.55. The number of anilines is 5. The maximum atomic E-state index is 12.4. The van der Waals surface area contributed by atoms with Crippen molar-refractivity contribution in [2.24, 2.45) is 9.78 Å². The van der Waals surface area contributed by atoms with Gasteiger partial charge in [-0.1, -0.05) is 13.0 Å². The van der Waals surface area contributed by atoms with E-state index in [-0.39, 0.29) is 17.1 Å². The number of pyridine rings is 1. The predicted octanol–water partition coefficient (Wildman–Crippen LogP) is 4.70. The van der Waals surface area contributed by atoms with Gasteiger partial charge in [-0.15, -0.1) is 0 Å². The quantitative estimate of drug-likeness (QED) is 0.455. The molecule has 4 aliphatic rings. The van der Waals surface area contributed by atoms with E-state index >= 15 is 0 Å². The fraction of sp³-hybridized carbons (Fsp3) is 0.516. The van der Waals surface area contributed by atoms with Gasteiger partial charge in [0.05, 0.1) is 18.2 Å². The van der Waals surface area contributed by atoms with Crippen LogP contribution in [0.4, 0.5) is 34.8 Å². The molecule has 42 heavy (non-hydrogen) atoms. The van der Waals surface area contributed by atoms with Gasteiger partial charge < -0.3 is 24.8 Å². The first-order valence-electron chi connectivity index (χ1n) is 14.6. The lowest BCUT2D eigenvalue weighted by Crippen LogP contribution is -2.71. The van der Waals surface area contributed by atoms with Crippen molar-refractivity contribution in [2.45, 2.75) is 44.2 Å². The topological polar surface area (TPSA) is 99.1 Å². The zero-order valence-electron chi connectivity index (χ0n) is 25.3. The van der Waals surface area contributed by atoms with Crippen molar-refractivity contribution in [3.63, 3.8) is 0 Å². The smallest absolute Gasteiger partial charge is 0.229 e. The minimum atomic E-state index is -2.35. The Bertz CT molecular complexity index is 1650. The van der Waals surface area contributed by atoms with E-state index in [1.165, 1.54) is 18.8 Å². The van der Waals surface area contributed by atoms with Crippen molar-refractivity contribution in [1.29, 1.82) is 0 Å². The minimum absolute atomic E-state index is 0.0608. The average Bonchev–Trinajstić information content (AvgIpc) is 3.12. The maximum absolute atomic E-state index is 12.4. The highest BCUT2D eigenvalue weighted by molar-refractivity contribution is 7.92. The molecule has 222 valence electrons. The fourth-order valence-corrected chi connectivity index (χ4v) is 7.76. The molecular formula is C31H40N8O2S. The summed E-state index contributed by atoms with van der Waals surface area (Å²) in [5.74, 6) is 2.52. The largest absolute Gasteiger partial charge is 0.374 e. The van der Waals surface area contributed by atoms with E-state index < -0.39 is 9.73 Å². The van der Waals surface area contributed by atoms with E-state index in [0.717, 1.165) is 42.4 Å². The molecule has 7 rings (SSSR count). The van der Waals surface area contributed by atoms with E-state index in [4.69, 9.17) is 19.7 Å². The van der Waals surface area contributed by atoms with Gasteiger partial charge in [-0.2, -0.15) is 9.35 Å². The molecule has 1 spiro atoms. The van der Waals surface area contributed by atoms with Gasteiger partial charge >= 0.3 is 0 Å². The average molecular weight is 589 g/mol. The zero-order valence-corrected chi connectivity index (χ0v) is 26.1. The first kappa shape index (κ1) is 27.5. The van der Waals surface area contributed by atoms with Crippen LogP contribution in [0.5, 0.6) is 0 Å². The fourth-order valence-electron chi connectivity index (χ4n) is 7.21. The van der Waals surface area contributed by atoms with Crippen LogP contribution >= 0.6 is 0 Å². The lowest BCUT2D eigenvalue weighted by Gasteiger charge is -2.60. The van der Waals surface area contributed by atoms with Crippen LogP contribution < -0.4 is 15.1 Å². The van der Waals surface area contributed by atoms with E-state index in [0.29, 0.717) is 23.8 Å². The maximum Gasteiger partial charge on any atom is 0.229 e. The number of rotatable bonds is 5. The van der Waals surface area contributed by atoms with Gasteiger partial charge in [-0.05, 0) is 63.7 Å². The second-order valence-electron chi connectivity index (χ2n) is 13.8. The molecule has 1 N–H and O–H groups in total. The van der Waals surface area contributed by atoms with Crippen molar-refractivity contribution in [2.75, 3.05) is 67.5 Å². The number of benzene rings is 1. The van der Waals surface area contributed by atoms with Crippen LogP contribution in [0, 0.1) is 5.41 Å². The van der Waals surface area contributed by atoms with Crippen LogP contribution in [0.3, 0.4) is 0 Å². The SMILES string of the molecule is CN1CC2(C1)CN(c1ccc(Nc3ncc4c(n3)N(c3cccc(N=S(C)(C)=O)n3)[C@H]3CC(C)(C)OC[C@@]43C)cc1)C2. The first-order chi connectivity index (χ1) is 19.8. The van der Waals surface area contributed by atoms with Crippen LogP contribution in [0.2, 0.25) is 0 Å². The summed E-state index contributed by atoms with van der Waals surface area (Å²) >= 11 is 0. The Balaban J connectivity index is 1.19. The summed E-state index contributed by atoms with van der Waals surface area (Å²) in [7, 11) is -0.161. The summed E-state index contributed by atoms with van der Waals surface area (Å²) in [5.41, 5.74) is 3.12. The molecule has 3 fully saturated rings. The Morgan fingerprint density at radius 1 is 1.02 bits per heavy atom. The van der Waals surface area contributed by atoms with Crippen molar-refractivity contribution in [3.8, 4) is 0 Å². The zero-order chi connectivity index (χ0) is 29.5. The third-order valence-electron chi connectivity index (χ3n) is 9.14. The van der Waals surface area contributed by atoms with Crippen molar-refractivity contribution >= 4 is 44.5 Å². The first-order valence-corrected chi connectivity index (χ1v) is 16.9. The number of hydrogen-bond acceptors (Lipinski definition) is 10. The van der Waals surface area contributed by atoms with Gasteiger partial charge in [0.25, 0.3) is 0 Å².